The number of ketones is 1. The summed E-state index contributed by atoms with van der Waals surface area (Å²) in [5.74, 6) is 1.77. The van der Waals surface area contributed by atoms with Crippen molar-refractivity contribution in [1.82, 2.24) is 0 Å². The standard InChI is InChI=1S/C18H16O3/c19-16(11-13-10-12-4-1-2-5-14(12)13)15-6-3-7-17-18(15)21-9-8-20-17/h1-7,13H,8-11H2. The van der Waals surface area contributed by atoms with Crippen molar-refractivity contribution in [3.63, 3.8) is 0 Å². The van der Waals surface area contributed by atoms with E-state index >= 15 is 0 Å². The fraction of sp³-hybridized carbons (Fsp3) is 0.278. The summed E-state index contributed by atoms with van der Waals surface area (Å²) >= 11 is 0. The Balaban J connectivity index is 1.57. The van der Waals surface area contributed by atoms with Crippen LogP contribution in [0.3, 0.4) is 0 Å². The average molecular weight is 280 g/mol. The summed E-state index contributed by atoms with van der Waals surface area (Å²) < 4.78 is 11.2. The van der Waals surface area contributed by atoms with Crippen molar-refractivity contribution in [1.29, 1.82) is 0 Å². The third-order valence-electron chi connectivity index (χ3n) is 4.26. The lowest BCUT2D eigenvalue weighted by Crippen LogP contribution is -2.22. The van der Waals surface area contributed by atoms with Gasteiger partial charge >= 0.3 is 0 Å². The van der Waals surface area contributed by atoms with Crippen LogP contribution in [0.1, 0.15) is 33.8 Å². The van der Waals surface area contributed by atoms with Crippen LogP contribution < -0.4 is 9.47 Å². The molecular weight excluding hydrogens is 264 g/mol. The van der Waals surface area contributed by atoms with Crippen molar-refractivity contribution in [2.45, 2.75) is 18.8 Å². The van der Waals surface area contributed by atoms with Gasteiger partial charge in [0.25, 0.3) is 0 Å². The van der Waals surface area contributed by atoms with Crippen molar-refractivity contribution >= 4 is 5.78 Å². The molecule has 106 valence electrons. The molecule has 1 aliphatic carbocycles. The van der Waals surface area contributed by atoms with Gasteiger partial charge in [0, 0.05) is 6.42 Å². The van der Waals surface area contributed by atoms with Crippen LogP contribution in [0.4, 0.5) is 0 Å². The maximum Gasteiger partial charge on any atom is 0.172 e. The second-order valence-corrected chi connectivity index (χ2v) is 5.56. The molecule has 0 N–H and O–H groups in total. The van der Waals surface area contributed by atoms with Crippen molar-refractivity contribution in [2.24, 2.45) is 0 Å². The summed E-state index contributed by atoms with van der Waals surface area (Å²) in [4.78, 5) is 12.6. The van der Waals surface area contributed by atoms with Crippen molar-refractivity contribution < 1.29 is 14.3 Å². The van der Waals surface area contributed by atoms with E-state index in [-0.39, 0.29) is 5.78 Å². The quantitative estimate of drug-likeness (QED) is 0.809. The molecule has 1 atom stereocenters. The lowest BCUT2D eigenvalue weighted by atomic mass is 9.74. The van der Waals surface area contributed by atoms with Gasteiger partial charge in [0.05, 0.1) is 5.56 Å². The largest absolute Gasteiger partial charge is 0.486 e. The molecule has 0 saturated heterocycles. The molecule has 0 amide bonds. The van der Waals surface area contributed by atoms with Crippen LogP contribution in [0.2, 0.25) is 0 Å². The van der Waals surface area contributed by atoms with Crippen molar-refractivity contribution in [2.75, 3.05) is 13.2 Å². The van der Waals surface area contributed by atoms with E-state index in [1.165, 1.54) is 11.1 Å². The molecule has 0 saturated carbocycles. The number of para-hydroxylation sites is 1. The minimum atomic E-state index is 0.136. The fourth-order valence-electron chi connectivity index (χ4n) is 3.17. The van der Waals surface area contributed by atoms with Gasteiger partial charge in [0.1, 0.15) is 13.2 Å². The highest BCUT2D eigenvalue weighted by Crippen LogP contribution is 2.40. The molecule has 3 nitrogen and oxygen atoms in total. The topological polar surface area (TPSA) is 35.5 Å². The lowest BCUT2D eigenvalue weighted by molar-refractivity contribution is 0.0959. The number of fused-ring (bicyclic) bond motifs is 2. The van der Waals surface area contributed by atoms with Gasteiger partial charge in [-0.1, -0.05) is 30.3 Å². The zero-order chi connectivity index (χ0) is 14.2. The monoisotopic (exact) mass is 280 g/mol. The number of benzene rings is 2. The first-order valence-corrected chi connectivity index (χ1v) is 7.32. The zero-order valence-corrected chi connectivity index (χ0v) is 11.7. The molecule has 0 spiro atoms. The highest BCUT2D eigenvalue weighted by atomic mass is 16.6. The van der Waals surface area contributed by atoms with Crippen LogP contribution in [0.5, 0.6) is 11.5 Å². The first-order chi connectivity index (χ1) is 10.3. The third-order valence-corrected chi connectivity index (χ3v) is 4.26. The predicted octanol–water partition coefficient (Wildman–Crippen LogP) is 3.37. The van der Waals surface area contributed by atoms with E-state index in [2.05, 4.69) is 18.2 Å². The van der Waals surface area contributed by atoms with E-state index < -0.39 is 0 Å². The molecule has 0 radical (unpaired) electrons. The lowest BCUT2D eigenvalue weighted by Gasteiger charge is -2.30. The number of Topliss-reactive ketones (excluding diaryl/α,β-unsaturated/α-hetero) is 1. The fourth-order valence-corrected chi connectivity index (χ4v) is 3.17. The van der Waals surface area contributed by atoms with Crippen LogP contribution in [-0.4, -0.2) is 19.0 Å². The van der Waals surface area contributed by atoms with Crippen LogP contribution in [0.15, 0.2) is 42.5 Å². The Morgan fingerprint density at radius 2 is 1.90 bits per heavy atom. The number of hydrogen-bond donors (Lipinski definition) is 0. The first-order valence-electron chi connectivity index (χ1n) is 7.32. The number of rotatable bonds is 3. The minimum Gasteiger partial charge on any atom is -0.486 e. The third kappa shape index (κ3) is 2.09. The van der Waals surface area contributed by atoms with Gasteiger partial charge in [-0.3, -0.25) is 4.79 Å². The van der Waals surface area contributed by atoms with Gasteiger partial charge in [-0.05, 0) is 35.6 Å². The van der Waals surface area contributed by atoms with E-state index in [1.807, 2.05) is 24.3 Å². The molecule has 3 heteroatoms. The Morgan fingerprint density at radius 1 is 1.05 bits per heavy atom. The van der Waals surface area contributed by atoms with Gasteiger partial charge < -0.3 is 9.47 Å². The predicted molar refractivity (Wildman–Crippen MR) is 79.3 cm³/mol. The van der Waals surface area contributed by atoms with Crippen LogP contribution in [-0.2, 0) is 6.42 Å². The maximum absolute atomic E-state index is 12.6. The number of hydrogen-bond acceptors (Lipinski definition) is 3. The summed E-state index contributed by atoms with van der Waals surface area (Å²) in [7, 11) is 0. The molecule has 1 heterocycles. The van der Waals surface area contributed by atoms with Crippen LogP contribution >= 0.6 is 0 Å². The Kier molecular flexibility index (Phi) is 2.92. The van der Waals surface area contributed by atoms with Gasteiger partial charge in [0.2, 0.25) is 0 Å². The molecule has 1 unspecified atom stereocenters. The number of carbonyl (C=O) groups excluding carboxylic acids is 1. The van der Waals surface area contributed by atoms with Crippen molar-refractivity contribution in [3.8, 4) is 11.5 Å². The second kappa shape index (κ2) is 4.92. The minimum absolute atomic E-state index is 0.136. The molecule has 0 bridgehead atoms. The highest BCUT2D eigenvalue weighted by Gasteiger charge is 2.29. The van der Waals surface area contributed by atoms with E-state index in [0.29, 0.717) is 42.6 Å². The highest BCUT2D eigenvalue weighted by molar-refractivity contribution is 6.00. The average Bonchev–Trinajstić information content (AvgIpc) is 2.52. The molecule has 2 aliphatic rings. The molecule has 4 rings (SSSR count). The maximum atomic E-state index is 12.6. The molecular formula is C18H16O3. The first kappa shape index (κ1) is 12.5. The van der Waals surface area contributed by atoms with Gasteiger partial charge in [-0.25, -0.2) is 0 Å². The van der Waals surface area contributed by atoms with E-state index in [0.717, 1.165) is 6.42 Å². The Bertz CT molecular complexity index is 705. The number of ether oxygens (including phenoxy) is 2. The summed E-state index contributed by atoms with van der Waals surface area (Å²) in [5, 5.41) is 0. The Labute approximate surface area is 123 Å². The van der Waals surface area contributed by atoms with Crippen LogP contribution in [0.25, 0.3) is 0 Å². The molecule has 21 heavy (non-hydrogen) atoms. The van der Waals surface area contributed by atoms with Crippen molar-refractivity contribution in [3.05, 3.63) is 59.2 Å². The van der Waals surface area contributed by atoms with Crippen LogP contribution in [0, 0.1) is 0 Å². The van der Waals surface area contributed by atoms with E-state index in [9.17, 15) is 4.79 Å². The Morgan fingerprint density at radius 3 is 2.81 bits per heavy atom. The molecule has 0 fully saturated rings. The SMILES string of the molecule is O=C(CC1Cc2ccccc21)c1cccc2c1OCCO2. The zero-order valence-electron chi connectivity index (χ0n) is 11.7. The summed E-state index contributed by atoms with van der Waals surface area (Å²) in [5.41, 5.74) is 3.33. The number of carbonyl (C=O) groups is 1. The molecule has 2 aromatic carbocycles. The summed E-state index contributed by atoms with van der Waals surface area (Å²) in [6.45, 7) is 1.05. The van der Waals surface area contributed by atoms with Gasteiger partial charge in [-0.2, -0.15) is 0 Å². The molecule has 0 aromatic heterocycles. The molecule has 2 aromatic rings. The normalized spacial score (nSPS) is 18.6. The summed E-state index contributed by atoms with van der Waals surface area (Å²) in [6, 6.07) is 13.9. The smallest absolute Gasteiger partial charge is 0.172 e. The van der Waals surface area contributed by atoms with E-state index in [4.69, 9.17) is 9.47 Å². The summed E-state index contributed by atoms with van der Waals surface area (Å²) in [6.07, 6.45) is 1.53. The van der Waals surface area contributed by atoms with Gasteiger partial charge in [-0.15, -0.1) is 0 Å². The van der Waals surface area contributed by atoms with E-state index in [1.54, 1.807) is 0 Å². The second-order valence-electron chi connectivity index (χ2n) is 5.56. The van der Waals surface area contributed by atoms with Gasteiger partial charge in [0.15, 0.2) is 17.3 Å². The molecule has 1 aliphatic heterocycles. The Hall–Kier alpha value is -2.29.